The number of carbonyl (C=O) groups is 1. The Bertz CT molecular complexity index is 434. The summed E-state index contributed by atoms with van der Waals surface area (Å²) in [6.07, 6.45) is 2.74. The predicted octanol–water partition coefficient (Wildman–Crippen LogP) is 2.30. The second kappa shape index (κ2) is 9.64. The van der Waals surface area contributed by atoms with Crippen LogP contribution in [-0.2, 0) is 4.79 Å². The number of hydrogen-bond donors (Lipinski definition) is 2. The Balaban J connectivity index is 0.00000220. The van der Waals surface area contributed by atoms with Crippen molar-refractivity contribution in [3.8, 4) is 5.75 Å². The van der Waals surface area contributed by atoms with Crippen LogP contribution in [-0.4, -0.2) is 32.1 Å². The molecule has 1 aliphatic heterocycles. The lowest BCUT2D eigenvalue weighted by Gasteiger charge is -2.21. The first-order valence-corrected chi connectivity index (χ1v) is 7.44. The summed E-state index contributed by atoms with van der Waals surface area (Å²) >= 11 is 0. The predicted molar refractivity (Wildman–Crippen MR) is 87.1 cm³/mol. The topological polar surface area (TPSA) is 50.4 Å². The number of carbonyl (C=O) groups excluding carboxylic acids is 1. The Labute approximate surface area is 133 Å². The lowest BCUT2D eigenvalue weighted by molar-refractivity contribution is -0.125. The highest BCUT2D eigenvalue weighted by Crippen LogP contribution is 2.16. The third-order valence-electron chi connectivity index (χ3n) is 3.68. The van der Waals surface area contributed by atoms with Gasteiger partial charge in [0.25, 0.3) is 0 Å². The van der Waals surface area contributed by atoms with Gasteiger partial charge in [-0.1, -0.05) is 18.2 Å². The molecule has 1 aromatic carbocycles. The molecule has 0 aliphatic carbocycles. The summed E-state index contributed by atoms with van der Waals surface area (Å²) in [4.78, 5) is 11.9. The minimum atomic E-state index is 0. The molecule has 0 bridgehead atoms. The van der Waals surface area contributed by atoms with Crippen molar-refractivity contribution in [2.75, 3.05) is 26.2 Å². The number of aryl methyl sites for hydroxylation is 1. The standard InChI is InChI=1S/C16H24N2O2.ClH/c1-13-5-2-3-6-15(13)20-12-4-9-18-16(19)14-7-10-17-11-8-14;/h2-3,5-6,14,17H,4,7-12H2,1H3,(H,18,19);1H. The van der Waals surface area contributed by atoms with Crippen LogP contribution in [0.2, 0.25) is 0 Å². The highest BCUT2D eigenvalue weighted by atomic mass is 35.5. The molecule has 21 heavy (non-hydrogen) atoms. The fourth-order valence-corrected chi connectivity index (χ4v) is 2.41. The molecular weight excluding hydrogens is 288 g/mol. The van der Waals surface area contributed by atoms with Crippen LogP contribution in [0.4, 0.5) is 0 Å². The first-order valence-electron chi connectivity index (χ1n) is 7.44. The maximum absolute atomic E-state index is 11.9. The van der Waals surface area contributed by atoms with Gasteiger partial charge in [0, 0.05) is 12.5 Å². The summed E-state index contributed by atoms with van der Waals surface area (Å²) in [6.45, 7) is 5.27. The van der Waals surface area contributed by atoms with Crippen LogP contribution in [0.15, 0.2) is 24.3 Å². The van der Waals surface area contributed by atoms with E-state index >= 15 is 0 Å². The third kappa shape index (κ3) is 5.94. The SMILES string of the molecule is Cc1ccccc1OCCCNC(=O)C1CCNCC1.Cl. The highest BCUT2D eigenvalue weighted by molar-refractivity contribution is 5.85. The molecule has 4 nitrogen and oxygen atoms in total. The summed E-state index contributed by atoms with van der Waals surface area (Å²) in [5, 5.41) is 6.28. The zero-order valence-corrected chi connectivity index (χ0v) is 13.4. The molecular formula is C16H25ClN2O2. The number of para-hydroxylation sites is 1. The number of amides is 1. The van der Waals surface area contributed by atoms with Gasteiger partial charge in [0.1, 0.15) is 5.75 Å². The van der Waals surface area contributed by atoms with Crippen molar-refractivity contribution < 1.29 is 9.53 Å². The number of piperidine rings is 1. The van der Waals surface area contributed by atoms with Gasteiger partial charge in [0.2, 0.25) is 5.91 Å². The summed E-state index contributed by atoms with van der Waals surface area (Å²) in [6, 6.07) is 7.99. The number of nitrogens with one attached hydrogen (secondary N) is 2. The van der Waals surface area contributed by atoms with E-state index in [9.17, 15) is 4.79 Å². The van der Waals surface area contributed by atoms with Gasteiger partial charge in [-0.25, -0.2) is 0 Å². The molecule has 5 heteroatoms. The normalized spacial score (nSPS) is 15.1. The molecule has 1 aromatic rings. The Hall–Kier alpha value is -1.26. The largest absolute Gasteiger partial charge is 0.493 e. The summed E-state index contributed by atoms with van der Waals surface area (Å²) in [5.41, 5.74) is 1.14. The lowest BCUT2D eigenvalue weighted by atomic mass is 9.97. The summed E-state index contributed by atoms with van der Waals surface area (Å²) < 4.78 is 5.70. The second-order valence-corrected chi connectivity index (χ2v) is 5.28. The minimum Gasteiger partial charge on any atom is -0.493 e. The maximum atomic E-state index is 11.9. The third-order valence-corrected chi connectivity index (χ3v) is 3.68. The molecule has 1 saturated heterocycles. The van der Waals surface area contributed by atoms with Crippen molar-refractivity contribution in [2.45, 2.75) is 26.2 Å². The Morgan fingerprint density at radius 3 is 2.76 bits per heavy atom. The molecule has 0 atom stereocenters. The monoisotopic (exact) mass is 312 g/mol. The second-order valence-electron chi connectivity index (χ2n) is 5.28. The molecule has 2 N–H and O–H groups in total. The van der Waals surface area contributed by atoms with Gasteiger partial charge in [-0.2, -0.15) is 0 Å². The zero-order valence-electron chi connectivity index (χ0n) is 12.6. The van der Waals surface area contributed by atoms with Crippen LogP contribution in [0.1, 0.15) is 24.8 Å². The molecule has 1 fully saturated rings. The first kappa shape index (κ1) is 17.8. The van der Waals surface area contributed by atoms with Crippen molar-refractivity contribution in [2.24, 2.45) is 5.92 Å². The molecule has 0 spiro atoms. The molecule has 0 saturated carbocycles. The Kier molecular flexibility index (Phi) is 8.16. The van der Waals surface area contributed by atoms with E-state index in [1.807, 2.05) is 31.2 Å². The van der Waals surface area contributed by atoms with Gasteiger partial charge in [-0.15, -0.1) is 12.4 Å². The lowest BCUT2D eigenvalue weighted by Crippen LogP contribution is -2.38. The van der Waals surface area contributed by atoms with Crippen LogP contribution >= 0.6 is 12.4 Å². The van der Waals surface area contributed by atoms with Crippen LogP contribution < -0.4 is 15.4 Å². The Morgan fingerprint density at radius 2 is 2.05 bits per heavy atom. The fraction of sp³-hybridized carbons (Fsp3) is 0.562. The molecule has 0 radical (unpaired) electrons. The smallest absolute Gasteiger partial charge is 0.223 e. The van der Waals surface area contributed by atoms with Gasteiger partial charge in [-0.05, 0) is 50.9 Å². The van der Waals surface area contributed by atoms with Crippen LogP contribution in [0, 0.1) is 12.8 Å². The van der Waals surface area contributed by atoms with Crippen molar-refractivity contribution in [3.05, 3.63) is 29.8 Å². The van der Waals surface area contributed by atoms with Gasteiger partial charge >= 0.3 is 0 Å². The van der Waals surface area contributed by atoms with Gasteiger partial charge in [0.05, 0.1) is 6.61 Å². The molecule has 1 amide bonds. The average Bonchev–Trinajstić information content (AvgIpc) is 2.49. The van der Waals surface area contributed by atoms with Crippen molar-refractivity contribution in [3.63, 3.8) is 0 Å². The first-order chi connectivity index (χ1) is 9.77. The van der Waals surface area contributed by atoms with Gasteiger partial charge in [0.15, 0.2) is 0 Å². The highest BCUT2D eigenvalue weighted by Gasteiger charge is 2.19. The van der Waals surface area contributed by atoms with Crippen LogP contribution in [0.3, 0.4) is 0 Å². The van der Waals surface area contributed by atoms with E-state index in [1.165, 1.54) is 0 Å². The van der Waals surface area contributed by atoms with Crippen molar-refractivity contribution in [1.29, 1.82) is 0 Å². The number of ether oxygens (including phenoxy) is 1. The van der Waals surface area contributed by atoms with Crippen molar-refractivity contribution in [1.82, 2.24) is 10.6 Å². The average molecular weight is 313 g/mol. The van der Waals surface area contributed by atoms with Crippen LogP contribution in [0.5, 0.6) is 5.75 Å². The molecule has 0 aromatic heterocycles. The zero-order chi connectivity index (χ0) is 14.2. The summed E-state index contributed by atoms with van der Waals surface area (Å²) in [7, 11) is 0. The number of rotatable bonds is 6. The number of halogens is 1. The van der Waals surface area contributed by atoms with E-state index in [-0.39, 0.29) is 24.2 Å². The molecule has 1 heterocycles. The van der Waals surface area contributed by atoms with Crippen molar-refractivity contribution >= 4 is 18.3 Å². The quantitative estimate of drug-likeness (QED) is 0.793. The van der Waals surface area contributed by atoms with E-state index in [1.54, 1.807) is 0 Å². The number of benzene rings is 1. The molecule has 0 unspecified atom stereocenters. The van der Waals surface area contributed by atoms with Gasteiger partial charge < -0.3 is 15.4 Å². The van der Waals surface area contributed by atoms with E-state index in [0.29, 0.717) is 13.2 Å². The van der Waals surface area contributed by atoms with Gasteiger partial charge in [-0.3, -0.25) is 4.79 Å². The molecule has 2 rings (SSSR count). The van der Waals surface area contributed by atoms with E-state index < -0.39 is 0 Å². The fourth-order valence-electron chi connectivity index (χ4n) is 2.41. The van der Waals surface area contributed by atoms with E-state index in [0.717, 1.165) is 43.7 Å². The Morgan fingerprint density at radius 1 is 1.33 bits per heavy atom. The number of hydrogen-bond acceptors (Lipinski definition) is 3. The summed E-state index contributed by atoms with van der Waals surface area (Å²) in [5.74, 6) is 1.31. The molecule has 118 valence electrons. The van der Waals surface area contributed by atoms with Crippen LogP contribution in [0.25, 0.3) is 0 Å². The molecule has 1 aliphatic rings. The maximum Gasteiger partial charge on any atom is 0.223 e. The minimum absolute atomic E-state index is 0. The van der Waals surface area contributed by atoms with E-state index in [2.05, 4.69) is 10.6 Å². The van der Waals surface area contributed by atoms with E-state index in [4.69, 9.17) is 4.74 Å².